The first-order valence-corrected chi connectivity index (χ1v) is 6.60. The molecule has 1 unspecified atom stereocenters. The van der Waals surface area contributed by atoms with Crippen LogP contribution in [0.3, 0.4) is 0 Å². The molecule has 1 fully saturated rings. The highest BCUT2D eigenvalue weighted by Crippen LogP contribution is 2.17. The van der Waals surface area contributed by atoms with Gasteiger partial charge in [-0.2, -0.15) is 9.97 Å². The van der Waals surface area contributed by atoms with Crippen molar-refractivity contribution in [1.29, 1.82) is 0 Å². The molecule has 18 heavy (non-hydrogen) atoms. The second-order valence-electron chi connectivity index (χ2n) is 4.55. The molecule has 2 rings (SSSR count). The Bertz CT molecular complexity index is 378. The molecule has 0 bridgehead atoms. The summed E-state index contributed by atoms with van der Waals surface area (Å²) in [5.74, 6) is 2.44. The Morgan fingerprint density at radius 1 is 1.33 bits per heavy atom. The van der Waals surface area contributed by atoms with Crippen molar-refractivity contribution in [3.63, 3.8) is 0 Å². The van der Waals surface area contributed by atoms with E-state index in [9.17, 15) is 0 Å². The number of aryl methyl sites for hydroxylation is 1. The standard InChI is InChI=1S/C13H21N3O2/c1-3-17-12-7-13(16-10(2)15-12)18-9-11-5-4-6-14-8-11/h7,11,14H,3-6,8-9H2,1-2H3. The van der Waals surface area contributed by atoms with Crippen molar-refractivity contribution in [3.05, 3.63) is 11.9 Å². The lowest BCUT2D eigenvalue weighted by Crippen LogP contribution is -2.33. The molecule has 0 spiro atoms. The predicted molar refractivity (Wildman–Crippen MR) is 69.0 cm³/mol. The molecule has 1 aliphatic heterocycles. The fourth-order valence-electron chi connectivity index (χ4n) is 2.08. The van der Waals surface area contributed by atoms with Crippen LogP contribution in [-0.4, -0.2) is 36.3 Å². The van der Waals surface area contributed by atoms with E-state index in [-0.39, 0.29) is 0 Å². The fraction of sp³-hybridized carbons (Fsp3) is 0.692. The second kappa shape index (κ2) is 6.54. The van der Waals surface area contributed by atoms with E-state index < -0.39 is 0 Å². The maximum absolute atomic E-state index is 5.74. The summed E-state index contributed by atoms with van der Waals surface area (Å²) in [7, 11) is 0. The zero-order valence-corrected chi connectivity index (χ0v) is 11.1. The van der Waals surface area contributed by atoms with Crippen LogP contribution in [0, 0.1) is 12.8 Å². The fourth-order valence-corrected chi connectivity index (χ4v) is 2.08. The highest BCUT2D eigenvalue weighted by Gasteiger charge is 2.14. The SMILES string of the molecule is CCOc1cc(OCC2CCCNC2)nc(C)n1. The summed E-state index contributed by atoms with van der Waals surface area (Å²) in [6.45, 7) is 7.24. The van der Waals surface area contributed by atoms with Crippen molar-refractivity contribution in [2.24, 2.45) is 5.92 Å². The molecular formula is C13H21N3O2. The molecular weight excluding hydrogens is 230 g/mol. The van der Waals surface area contributed by atoms with Gasteiger partial charge in [0.2, 0.25) is 11.8 Å². The van der Waals surface area contributed by atoms with E-state index in [1.54, 1.807) is 6.07 Å². The van der Waals surface area contributed by atoms with Gasteiger partial charge in [0.25, 0.3) is 0 Å². The number of hydrogen-bond acceptors (Lipinski definition) is 5. The average molecular weight is 251 g/mol. The molecule has 100 valence electrons. The summed E-state index contributed by atoms with van der Waals surface area (Å²) in [5.41, 5.74) is 0. The maximum Gasteiger partial charge on any atom is 0.220 e. The topological polar surface area (TPSA) is 56.3 Å². The van der Waals surface area contributed by atoms with E-state index >= 15 is 0 Å². The third-order valence-corrected chi connectivity index (χ3v) is 2.95. The van der Waals surface area contributed by atoms with E-state index in [2.05, 4.69) is 15.3 Å². The Hall–Kier alpha value is -1.36. The number of hydrogen-bond donors (Lipinski definition) is 1. The molecule has 2 heterocycles. The Balaban J connectivity index is 1.91. The predicted octanol–water partition coefficient (Wildman–Crippen LogP) is 1.56. The molecule has 1 N–H and O–H groups in total. The van der Waals surface area contributed by atoms with Gasteiger partial charge in [-0.15, -0.1) is 0 Å². The second-order valence-corrected chi connectivity index (χ2v) is 4.55. The van der Waals surface area contributed by atoms with Crippen LogP contribution in [0.4, 0.5) is 0 Å². The number of nitrogens with zero attached hydrogens (tertiary/aromatic N) is 2. The summed E-state index contributed by atoms with van der Waals surface area (Å²) in [6.07, 6.45) is 2.44. The van der Waals surface area contributed by atoms with Gasteiger partial charge in [-0.1, -0.05) is 0 Å². The molecule has 0 aromatic carbocycles. The van der Waals surface area contributed by atoms with Crippen molar-refractivity contribution in [3.8, 4) is 11.8 Å². The smallest absolute Gasteiger partial charge is 0.220 e. The van der Waals surface area contributed by atoms with Gasteiger partial charge in [0.15, 0.2) is 0 Å². The van der Waals surface area contributed by atoms with Crippen molar-refractivity contribution in [2.75, 3.05) is 26.3 Å². The van der Waals surface area contributed by atoms with Gasteiger partial charge in [-0.3, -0.25) is 0 Å². The minimum Gasteiger partial charge on any atom is -0.478 e. The van der Waals surface area contributed by atoms with Crippen LogP contribution in [0.25, 0.3) is 0 Å². The largest absolute Gasteiger partial charge is 0.478 e. The lowest BCUT2D eigenvalue weighted by atomic mass is 10.0. The van der Waals surface area contributed by atoms with Crippen molar-refractivity contribution in [2.45, 2.75) is 26.7 Å². The molecule has 0 radical (unpaired) electrons. The van der Waals surface area contributed by atoms with Crippen molar-refractivity contribution >= 4 is 0 Å². The van der Waals surface area contributed by atoms with Gasteiger partial charge in [0.05, 0.1) is 19.3 Å². The van der Waals surface area contributed by atoms with Crippen LogP contribution < -0.4 is 14.8 Å². The minimum atomic E-state index is 0.574. The van der Waals surface area contributed by atoms with Crippen LogP contribution >= 0.6 is 0 Å². The summed E-state index contributed by atoms with van der Waals surface area (Å²) in [6, 6.07) is 1.76. The number of rotatable bonds is 5. The van der Waals surface area contributed by atoms with Crippen molar-refractivity contribution < 1.29 is 9.47 Å². The van der Waals surface area contributed by atoms with Gasteiger partial charge in [0, 0.05) is 12.5 Å². The van der Waals surface area contributed by atoms with Crippen molar-refractivity contribution in [1.82, 2.24) is 15.3 Å². The lowest BCUT2D eigenvalue weighted by Gasteiger charge is -2.22. The maximum atomic E-state index is 5.74. The molecule has 1 aromatic heterocycles. The Morgan fingerprint density at radius 2 is 2.11 bits per heavy atom. The Morgan fingerprint density at radius 3 is 2.78 bits per heavy atom. The Labute approximate surface area is 108 Å². The number of nitrogens with one attached hydrogen (secondary N) is 1. The van der Waals surface area contributed by atoms with E-state index in [1.165, 1.54) is 12.8 Å². The molecule has 0 amide bonds. The van der Waals surface area contributed by atoms with Gasteiger partial charge in [-0.05, 0) is 33.2 Å². The van der Waals surface area contributed by atoms with Gasteiger partial charge >= 0.3 is 0 Å². The van der Waals surface area contributed by atoms with Gasteiger partial charge in [0.1, 0.15) is 5.82 Å². The quantitative estimate of drug-likeness (QED) is 0.860. The normalized spacial score (nSPS) is 19.6. The summed E-state index contributed by atoms with van der Waals surface area (Å²) >= 11 is 0. The molecule has 1 atom stereocenters. The highest BCUT2D eigenvalue weighted by atomic mass is 16.5. The first kappa shape index (κ1) is 13.1. The number of aromatic nitrogens is 2. The highest BCUT2D eigenvalue weighted by molar-refractivity contribution is 5.20. The molecule has 1 saturated heterocycles. The van der Waals surface area contributed by atoms with Crippen LogP contribution in [-0.2, 0) is 0 Å². The third-order valence-electron chi connectivity index (χ3n) is 2.95. The van der Waals surface area contributed by atoms with E-state index in [0.29, 0.717) is 36.7 Å². The molecule has 5 nitrogen and oxygen atoms in total. The summed E-state index contributed by atoms with van der Waals surface area (Å²) in [4.78, 5) is 8.46. The lowest BCUT2D eigenvalue weighted by molar-refractivity contribution is 0.210. The first-order valence-electron chi connectivity index (χ1n) is 6.60. The number of piperidine rings is 1. The van der Waals surface area contributed by atoms with Crippen LogP contribution in [0.5, 0.6) is 11.8 Å². The van der Waals surface area contributed by atoms with Gasteiger partial charge < -0.3 is 14.8 Å². The summed E-state index contributed by atoms with van der Waals surface area (Å²) in [5, 5.41) is 3.38. The monoisotopic (exact) mass is 251 g/mol. The van der Waals surface area contributed by atoms with E-state index in [1.807, 2.05) is 13.8 Å². The molecule has 5 heteroatoms. The first-order chi connectivity index (χ1) is 8.78. The van der Waals surface area contributed by atoms with Crippen LogP contribution in [0.1, 0.15) is 25.6 Å². The van der Waals surface area contributed by atoms with Crippen LogP contribution in [0.2, 0.25) is 0 Å². The van der Waals surface area contributed by atoms with E-state index in [0.717, 1.165) is 13.1 Å². The zero-order valence-electron chi connectivity index (χ0n) is 11.1. The number of ether oxygens (including phenoxy) is 2. The molecule has 0 aliphatic carbocycles. The minimum absolute atomic E-state index is 0.574. The van der Waals surface area contributed by atoms with Gasteiger partial charge in [-0.25, -0.2) is 0 Å². The molecule has 1 aromatic rings. The van der Waals surface area contributed by atoms with Crippen LogP contribution in [0.15, 0.2) is 6.07 Å². The Kier molecular flexibility index (Phi) is 4.75. The molecule has 1 aliphatic rings. The average Bonchev–Trinajstić information content (AvgIpc) is 2.37. The van der Waals surface area contributed by atoms with E-state index in [4.69, 9.17) is 9.47 Å². The summed E-state index contributed by atoms with van der Waals surface area (Å²) < 4.78 is 11.1. The molecule has 0 saturated carbocycles. The third kappa shape index (κ3) is 3.84. The zero-order chi connectivity index (χ0) is 12.8.